The van der Waals surface area contributed by atoms with Crippen LogP contribution in [0.5, 0.6) is 0 Å². The average Bonchev–Trinajstić information content (AvgIpc) is 3.51. The van der Waals surface area contributed by atoms with Crippen molar-refractivity contribution >= 4 is 34.1 Å². The molecule has 2 nitrogen and oxygen atoms in total. The van der Waals surface area contributed by atoms with E-state index in [0.29, 0.717) is 0 Å². The average molecular weight is 765 g/mol. The minimum Gasteiger partial charge on any atom is -0.310 e. The molecule has 0 bridgehead atoms. The van der Waals surface area contributed by atoms with Gasteiger partial charge in [0.05, 0.1) is 5.41 Å². The summed E-state index contributed by atoms with van der Waals surface area (Å²) in [5.41, 5.74) is 24.0. The van der Waals surface area contributed by atoms with Gasteiger partial charge in [-0.3, -0.25) is 0 Å². The van der Waals surface area contributed by atoms with Crippen molar-refractivity contribution in [1.29, 1.82) is 0 Å². The Morgan fingerprint density at radius 2 is 0.610 bits per heavy atom. The van der Waals surface area contributed by atoms with Crippen molar-refractivity contribution < 1.29 is 0 Å². The standard InChI is InChI=1S/C57H52N2/c1-37-19-27-53(41(5)31-37)58(54-28-20-38(2)32-42(54)6)47-23-25-49-50-26-24-48(59(55-29-21-39(3)33-43(55)7)56-30-22-40(4)34-44(56)8)36-52(50)57(51(49)35-47,45-15-11-9-12-16-45)46-17-13-10-14-18-46/h9-36H,1-8H3. The summed E-state index contributed by atoms with van der Waals surface area (Å²) in [6.45, 7) is 17.6. The van der Waals surface area contributed by atoms with Gasteiger partial charge < -0.3 is 9.80 Å². The number of benzene rings is 8. The summed E-state index contributed by atoms with van der Waals surface area (Å²) in [5.74, 6) is 0. The molecule has 2 heteroatoms. The number of hydrogen-bond donors (Lipinski definition) is 0. The van der Waals surface area contributed by atoms with Crippen LogP contribution in [0.3, 0.4) is 0 Å². The zero-order chi connectivity index (χ0) is 41.0. The van der Waals surface area contributed by atoms with E-state index in [1.54, 1.807) is 0 Å². The van der Waals surface area contributed by atoms with Gasteiger partial charge in [-0.05, 0) is 160 Å². The van der Waals surface area contributed by atoms with Gasteiger partial charge in [0.25, 0.3) is 0 Å². The molecule has 0 radical (unpaired) electrons. The van der Waals surface area contributed by atoms with Crippen LogP contribution in [-0.4, -0.2) is 0 Å². The molecule has 8 aromatic rings. The highest BCUT2D eigenvalue weighted by molar-refractivity contribution is 5.92. The topological polar surface area (TPSA) is 6.48 Å². The molecule has 0 amide bonds. The molecular formula is C57H52N2. The second-order valence-electron chi connectivity index (χ2n) is 16.8. The van der Waals surface area contributed by atoms with Crippen molar-refractivity contribution in [2.75, 3.05) is 9.80 Å². The highest BCUT2D eigenvalue weighted by Gasteiger charge is 2.47. The minimum absolute atomic E-state index is 0.605. The predicted molar refractivity (Wildman–Crippen MR) is 251 cm³/mol. The largest absolute Gasteiger partial charge is 0.310 e. The molecule has 0 aromatic heterocycles. The van der Waals surface area contributed by atoms with Crippen LogP contribution in [-0.2, 0) is 5.41 Å². The molecule has 9 rings (SSSR count). The summed E-state index contributed by atoms with van der Waals surface area (Å²) >= 11 is 0. The number of anilines is 6. The lowest BCUT2D eigenvalue weighted by atomic mass is 9.67. The monoisotopic (exact) mass is 764 g/mol. The van der Waals surface area contributed by atoms with Crippen molar-refractivity contribution in [3.63, 3.8) is 0 Å². The Hall–Kier alpha value is -6.64. The lowest BCUT2D eigenvalue weighted by molar-refractivity contribution is 0.768. The van der Waals surface area contributed by atoms with E-state index < -0.39 is 5.41 Å². The number of rotatable bonds is 8. The van der Waals surface area contributed by atoms with E-state index in [1.165, 1.54) is 101 Å². The molecule has 1 aliphatic rings. The molecule has 8 aromatic carbocycles. The smallest absolute Gasteiger partial charge is 0.0715 e. The summed E-state index contributed by atoms with van der Waals surface area (Å²) in [5, 5.41) is 0. The van der Waals surface area contributed by atoms with Gasteiger partial charge in [-0.1, -0.05) is 144 Å². The Morgan fingerprint density at radius 1 is 0.305 bits per heavy atom. The molecule has 0 fully saturated rings. The van der Waals surface area contributed by atoms with Crippen molar-refractivity contribution in [2.45, 2.75) is 60.8 Å². The van der Waals surface area contributed by atoms with E-state index in [2.05, 4.69) is 235 Å². The fraction of sp³-hybridized carbons (Fsp3) is 0.158. The normalized spacial score (nSPS) is 12.5. The van der Waals surface area contributed by atoms with Gasteiger partial charge in [0.15, 0.2) is 0 Å². The number of fused-ring (bicyclic) bond motifs is 3. The van der Waals surface area contributed by atoms with Crippen LogP contribution in [0.25, 0.3) is 11.1 Å². The molecular weight excluding hydrogens is 713 g/mol. The molecule has 0 spiro atoms. The first-order valence-corrected chi connectivity index (χ1v) is 20.8. The molecule has 1 aliphatic carbocycles. The fourth-order valence-electron chi connectivity index (χ4n) is 9.78. The Labute approximate surface area is 351 Å². The lowest BCUT2D eigenvalue weighted by Crippen LogP contribution is -2.29. The molecule has 290 valence electrons. The van der Waals surface area contributed by atoms with E-state index in [9.17, 15) is 0 Å². The Balaban J connectivity index is 1.35. The van der Waals surface area contributed by atoms with Gasteiger partial charge in [-0.15, -0.1) is 0 Å². The van der Waals surface area contributed by atoms with E-state index in [4.69, 9.17) is 0 Å². The predicted octanol–water partition coefficient (Wildman–Crippen LogP) is 15.5. The van der Waals surface area contributed by atoms with Gasteiger partial charge in [-0.2, -0.15) is 0 Å². The quantitative estimate of drug-likeness (QED) is 0.152. The zero-order valence-electron chi connectivity index (χ0n) is 35.6. The maximum absolute atomic E-state index is 2.49. The molecule has 0 aliphatic heterocycles. The van der Waals surface area contributed by atoms with Crippen molar-refractivity contribution in [3.8, 4) is 11.1 Å². The first-order valence-electron chi connectivity index (χ1n) is 20.8. The first kappa shape index (κ1) is 37.9. The van der Waals surface area contributed by atoms with Gasteiger partial charge in [0.2, 0.25) is 0 Å². The first-order chi connectivity index (χ1) is 28.5. The van der Waals surface area contributed by atoms with Crippen molar-refractivity contribution in [1.82, 2.24) is 0 Å². The van der Waals surface area contributed by atoms with Crippen molar-refractivity contribution in [2.24, 2.45) is 0 Å². The lowest BCUT2D eigenvalue weighted by Gasteiger charge is -2.36. The van der Waals surface area contributed by atoms with Crippen LogP contribution in [0.15, 0.2) is 170 Å². The third kappa shape index (κ3) is 6.44. The highest BCUT2D eigenvalue weighted by atomic mass is 15.2. The van der Waals surface area contributed by atoms with Gasteiger partial charge in [0, 0.05) is 34.1 Å². The van der Waals surface area contributed by atoms with Gasteiger partial charge in [0.1, 0.15) is 0 Å². The van der Waals surface area contributed by atoms with Crippen LogP contribution in [0.2, 0.25) is 0 Å². The van der Waals surface area contributed by atoms with Gasteiger partial charge >= 0.3 is 0 Å². The molecule has 0 saturated carbocycles. The summed E-state index contributed by atoms with van der Waals surface area (Å²) < 4.78 is 0. The summed E-state index contributed by atoms with van der Waals surface area (Å²) in [7, 11) is 0. The van der Waals surface area contributed by atoms with Crippen LogP contribution in [0, 0.1) is 55.4 Å². The maximum Gasteiger partial charge on any atom is 0.0715 e. The minimum atomic E-state index is -0.605. The Kier molecular flexibility index (Phi) is 9.60. The molecule has 0 N–H and O–H groups in total. The molecule has 0 heterocycles. The third-order valence-electron chi connectivity index (χ3n) is 12.4. The van der Waals surface area contributed by atoms with Crippen LogP contribution in [0.4, 0.5) is 34.1 Å². The number of aryl methyl sites for hydroxylation is 8. The second-order valence-corrected chi connectivity index (χ2v) is 16.8. The van der Waals surface area contributed by atoms with E-state index in [0.717, 1.165) is 11.4 Å². The highest BCUT2D eigenvalue weighted by Crippen LogP contribution is 2.58. The number of nitrogens with zero attached hydrogens (tertiary/aromatic N) is 2. The van der Waals surface area contributed by atoms with Gasteiger partial charge in [-0.25, -0.2) is 0 Å². The maximum atomic E-state index is 2.49. The van der Waals surface area contributed by atoms with E-state index in [1.807, 2.05) is 0 Å². The van der Waals surface area contributed by atoms with E-state index in [-0.39, 0.29) is 0 Å². The van der Waals surface area contributed by atoms with Crippen LogP contribution < -0.4 is 9.80 Å². The molecule has 0 saturated heterocycles. The van der Waals surface area contributed by atoms with Crippen LogP contribution in [0.1, 0.15) is 66.8 Å². The third-order valence-corrected chi connectivity index (χ3v) is 12.4. The summed E-state index contributed by atoms with van der Waals surface area (Å²) in [6, 6.07) is 64.0. The Morgan fingerprint density at radius 3 is 0.898 bits per heavy atom. The zero-order valence-corrected chi connectivity index (χ0v) is 35.6. The van der Waals surface area contributed by atoms with Crippen LogP contribution >= 0.6 is 0 Å². The summed E-state index contributed by atoms with van der Waals surface area (Å²) in [4.78, 5) is 4.95. The SMILES string of the molecule is Cc1ccc(N(c2ccc3c(c2)C(c2ccccc2)(c2ccccc2)c2cc(N(c4ccc(C)cc4C)c4ccc(C)cc4C)ccc2-3)c2ccc(C)cc2C)c(C)c1. The van der Waals surface area contributed by atoms with E-state index >= 15 is 0 Å². The molecule has 59 heavy (non-hydrogen) atoms. The Bertz CT molecular complexity index is 2570. The molecule has 0 atom stereocenters. The van der Waals surface area contributed by atoms with Crippen molar-refractivity contribution in [3.05, 3.63) is 237 Å². The molecule has 0 unspecified atom stereocenters. The second kappa shape index (κ2) is 14.9. The summed E-state index contributed by atoms with van der Waals surface area (Å²) in [6.07, 6.45) is 0. The number of hydrogen-bond acceptors (Lipinski definition) is 2. The fourth-order valence-corrected chi connectivity index (χ4v) is 9.78.